The molecule has 2 rings (SSSR count). The summed E-state index contributed by atoms with van der Waals surface area (Å²) < 4.78 is 5.55. The molecule has 0 unspecified atom stereocenters. The van der Waals surface area contributed by atoms with Crippen molar-refractivity contribution < 1.29 is 19.4 Å². The van der Waals surface area contributed by atoms with Crippen molar-refractivity contribution in [2.75, 3.05) is 19.7 Å². The van der Waals surface area contributed by atoms with Crippen LogP contribution in [0.15, 0.2) is 24.3 Å². The van der Waals surface area contributed by atoms with Gasteiger partial charge in [-0.25, -0.2) is 0 Å². The Bertz CT molecular complexity index is 588. The fourth-order valence-corrected chi connectivity index (χ4v) is 3.03. The Kier molecular flexibility index (Phi) is 6.20. The summed E-state index contributed by atoms with van der Waals surface area (Å²) in [5.41, 5.74) is 0.887. The highest BCUT2D eigenvalue weighted by Crippen LogP contribution is 2.26. The molecule has 2 N–H and O–H groups in total. The fraction of sp³-hybridized carbons (Fsp3) is 0.556. The molecule has 0 spiro atoms. The second-order valence-corrected chi connectivity index (χ2v) is 6.36. The van der Waals surface area contributed by atoms with Gasteiger partial charge >= 0.3 is 5.97 Å². The van der Waals surface area contributed by atoms with Gasteiger partial charge < -0.3 is 15.2 Å². The minimum absolute atomic E-state index is 0.211. The number of carboxylic acid groups (broad SMARTS) is 1. The average Bonchev–Trinajstić information content (AvgIpc) is 3.00. The molecule has 1 aromatic carbocycles. The molecular weight excluding hydrogens is 308 g/mol. The van der Waals surface area contributed by atoms with Crippen LogP contribution in [0.5, 0.6) is 5.75 Å². The maximum absolute atomic E-state index is 12.5. The second-order valence-electron chi connectivity index (χ2n) is 6.36. The van der Waals surface area contributed by atoms with E-state index in [0.29, 0.717) is 26.2 Å². The first kappa shape index (κ1) is 18.3. The minimum Gasteiger partial charge on any atom is -0.494 e. The molecule has 1 fully saturated rings. The van der Waals surface area contributed by atoms with E-state index in [2.05, 4.69) is 5.32 Å². The molecule has 1 saturated heterocycles. The number of para-hydroxylation sites is 1. The zero-order valence-electron chi connectivity index (χ0n) is 14.5. The molecule has 0 aliphatic carbocycles. The minimum atomic E-state index is -0.909. The third-order valence-corrected chi connectivity index (χ3v) is 4.46. The van der Waals surface area contributed by atoms with Crippen molar-refractivity contribution >= 4 is 11.9 Å². The lowest BCUT2D eigenvalue weighted by molar-refractivity contribution is -0.145. The van der Waals surface area contributed by atoms with Gasteiger partial charge in [-0.1, -0.05) is 18.2 Å². The summed E-state index contributed by atoms with van der Waals surface area (Å²) in [5, 5.41) is 12.3. The lowest BCUT2D eigenvalue weighted by Crippen LogP contribution is -2.37. The van der Waals surface area contributed by atoms with Crippen molar-refractivity contribution in [3.8, 4) is 5.75 Å². The number of rotatable bonds is 7. The van der Waals surface area contributed by atoms with Crippen LogP contribution in [0, 0.1) is 11.8 Å². The molecule has 0 bridgehead atoms. The van der Waals surface area contributed by atoms with Crippen LogP contribution in [0.2, 0.25) is 0 Å². The Morgan fingerprint density at radius 1 is 1.29 bits per heavy atom. The lowest BCUT2D eigenvalue weighted by Gasteiger charge is -2.19. The van der Waals surface area contributed by atoms with E-state index < -0.39 is 17.8 Å². The first-order valence-corrected chi connectivity index (χ1v) is 8.39. The van der Waals surface area contributed by atoms with Crippen LogP contribution in [-0.2, 0) is 16.1 Å². The molecule has 132 valence electrons. The fourth-order valence-electron chi connectivity index (χ4n) is 3.03. The number of nitrogens with one attached hydrogen (secondary N) is 1. The first-order chi connectivity index (χ1) is 11.4. The first-order valence-electron chi connectivity index (χ1n) is 8.39. The molecular formula is C18H26N2O4. The van der Waals surface area contributed by atoms with E-state index in [0.717, 1.165) is 11.3 Å². The summed E-state index contributed by atoms with van der Waals surface area (Å²) in [5.74, 6) is -1.56. The number of ether oxygens (including phenoxy) is 1. The molecule has 1 aliphatic rings. The molecule has 1 amide bonds. The topological polar surface area (TPSA) is 78.9 Å². The standard InChI is InChI=1S/C18H26N2O4/c1-4-24-16-8-6-5-7-13(16)9-19-17(21)14-10-20(12(2)3)11-15(14)18(22)23/h5-8,12,14-15H,4,9-11H2,1-3H3,(H,19,21)(H,22,23)/t14-,15+/m0/s1. The van der Waals surface area contributed by atoms with E-state index in [1.807, 2.05) is 49.9 Å². The van der Waals surface area contributed by atoms with Crippen molar-refractivity contribution in [3.63, 3.8) is 0 Å². The molecule has 1 heterocycles. The normalized spacial score (nSPS) is 21.0. The smallest absolute Gasteiger partial charge is 0.308 e. The lowest BCUT2D eigenvalue weighted by atomic mass is 9.95. The molecule has 6 heteroatoms. The number of carbonyl (C=O) groups excluding carboxylic acids is 1. The van der Waals surface area contributed by atoms with Crippen molar-refractivity contribution in [3.05, 3.63) is 29.8 Å². The Morgan fingerprint density at radius 2 is 1.96 bits per heavy atom. The predicted molar refractivity (Wildman–Crippen MR) is 90.8 cm³/mol. The predicted octanol–water partition coefficient (Wildman–Crippen LogP) is 1.74. The summed E-state index contributed by atoms with van der Waals surface area (Å²) in [4.78, 5) is 26.0. The number of carbonyl (C=O) groups is 2. The van der Waals surface area contributed by atoms with Crippen LogP contribution < -0.4 is 10.1 Å². The van der Waals surface area contributed by atoms with Crippen molar-refractivity contribution in [1.29, 1.82) is 0 Å². The Hall–Kier alpha value is -2.08. The summed E-state index contributed by atoms with van der Waals surface area (Å²) in [6.45, 7) is 7.71. The zero-order chi connectivity index (χ0) is 17.7. The van der Waals surface area contributed by atoms with Gasteiger partial charge in [0.2, 0.25) is 5.91 Å². The number of amides is 1. The second kappa shape index (κ2) is 8.15. The highest BCUT2D eigenvalue weighted by molar-refractivity contribution is 5.85. The van der Waals surface area contributed by atoms with Crippen molar-refractivity contribution in [2.45, 2.75) is 33.4 Å². The molecule has 0 saturated carbocycles. The molecule has 0 radical (unpaired) electrons. The van der Waals surface area contributed by atoms with Gasteiger partial charge in [0.25, 0.3) is 0 Å². The number of aliphatic carboxylic acids is 1. The van der Waals surface area contributed by atoms with Crippen LogP contribution in [0.25, 0.3) is 0 Å². The highest BCUT2D eigenvalue weighted by Gasteiger charge is 2.42. The molecule has 0 aromatic heterocycles. The van der Waals surface area contributed by atoms with Crippen LogP contribution in [0.1, 0.15) is 26.3 Å². The van der Waals surface area contributed by atoms with E-state index in [4.69, 9.17) is 4.74 Å². The largest absolute Gasteiger partial charge is 0.494 e. The third-order valence-electron chi connectivity index (χ3n) is 4.46. The number of nitrogens with zero attached hydrogens (tertiary/aromatic N) is 1. The Morgan fingerprint density at radius 3 is 2.58 bits per heavy atom. The van der Waals surface area contributed by atoms with Gasteiger partial charge in [-0.3, -0.25) is 14.5 Å². The number of likely N-dealkylation sites (tertiary alicyclic amines) is 1. The summed E-state index contributed by atoms with van der Waals surface area (Å²) in [6, 6.07) is 7.76. The van der Waals surface area contributed by atoms with Gasteiger partial charge in [0.1, 0.15) is 5.75 Å². The Balaban J connectivity index is 2.02. The zero-order valence-corrected chi connectivity index (χ0v) is 14.5. The van der Waals surface area contributed by atoms with E-state index in [1.54, 1.807) is 0 Å². The Labute approximate surface area is 142 Å². The number of carboxylic acids is 1. The monoisotopic (exact) mass is 334 g/mol. The van der Waals surface area contributed by atoms with Crippen LogP contribution in [0.4, 0.5) is 0 Å². The van der Waals surface area contributed by atoms with Gasteiger partial charge in [-0.15, -0.1) is 0 Å². The van der Waals surface area contributed by atoms with E-state index in [1.165, 1.54) is 0 Å². The SMILES string of the molecule is CCOc1ccccc1CNC(=O)[C@H]1CN(C(C)C)C[C@H]1C(=O)O. The maximum atomic E-state index is 12.5. The summed E-state index contributed by atoms with van der Waals surface area (Å²) in [6.07, 6.45) is 0. The van der Waals surface area contributed by atoms with Crippen molar-refractivity contribution in [1.82, 2.24) is 10.2 Å². The van der Waals surface area contributed by atoms with Crippen LogP contribution in [-0.4, -0.2) is 47.6 Å². The molecule has 6 nitrogen and oxygen atoms in total. The van der Waals surface area contributed by atoms with Crippen molar-refractivity contribution in [2.24, 2.45) is 11.8 Å². The van der Waals surface area contributed by atoms with E-state index in [9.17, 15) is 14.7 Å². The van der Waals surface area contributed by atoms with Gasteiger partial charge in [0.05, 0.1) is 18.4 Å². The molecule has 1 aliphatic heterocycles. The third kappa shape index (κ3) is 4.26. The van der Waals surface area contributed by atoms with Crippen LogP contribution in [0.3, 0.4) is 0 Å². The van der Waals surface area contributed by atoms with Crippen LogP contribution >= 0.6 is 0 Å². The van der Waals surface area contributed by atoms with Gasteiger partial charge in [0, 0.05) is 31.2 Å². The summed E-state index contributed by atoms with van der Waals surface area (Å²) >= 11 is 0. The molecule has 24 heavy (non-hydrogen) atoms. The molecule has 2 atom stereocenters. The number of benzene rings is 1. The average molecular weight is 334 g/mol. The van der Waals surface area contributed by atoms with Gasteiger partial charge in [0.15, 0.2) is 0 Å². The quantitative estimate of drug-likeness (QED) is 0.794. The number of hydrogen-bond donors (Lipinski definition) is 2. The molecule has 1 aromatic rings. The summed E-state index contributed by atoms with van der Waals surface area (Å²) in [7, 11) is 0. The highest BCUT2D eigenvalue weighted by atomic mass is 16.5. The van der Waals surface area contributed by atoms with E-state index >= 15 is 0 Å². The van der Waals surface area contributed by atoms with E-state index in [-0.39, 0.29) is 11.9 Å². The van der Waals surface area contributed by atoms with Gasteiger partial charge in [-0.05, 0) is 26.8 Å². The van der Waals surface area contributed by atoms with Gasteiger partial charge in [-0.2, -0.15) is 0 Å². The number of hydrogen-bond acceptors (Lipinski definition) is 4. The maximum Gasteiger partial charge on any atom is 0.308 e.